The normalized spacial score (nSPS) is 23.7. The molecule has 0 amide bonds. The van der Waals surface area contributed by atoms with Crippen LogP contribution in [0.15, 0.2) is 6.33 Å². The summed E-state index contributed by atoms with van der Waals surface area (Å²) in [5, 5.41) is 7.88. The molecule has 1 saturated heterocycles. The van der Waals surface area contributed by atoms with Gasteiger partial charge in [0, 0.05) is 37.1 Å². The molecule has 0 bridgehead atoms. The highest BCUT2D eigenvalue weighted by Crippen LogP contribution is 2.32. The summed E-state index contributed by atoms with van der Waals surface area (Å²) in [4.78, 5) is 4.44. The van der Waals surface area contributed by atoms with Crippen LogP contribution in [0.25, 0.3) is 0 Å². The van der Waals surface area contributed by atoms with E-state index in [4.69, 9.17) is 4.74 Å². The van der Waals surface area contributed by atoms with Crippen molar-refractivity contribution in [3.63, 3.8) is 0 Å². The molecule has 1 N–H and O–H groups in total. The van der Waals surface area contributed by atoms with Crippen molar-refractivity contribution in [2.75, 3.05) is 19.8 Å². The lowest BCUT2D eigenvalue weighted by atomic mass is 9.83. The first-order valence-corrected chi connectivity index (χ1v) is 7.22. The van der Waals surface area contributed by atoms with Crippen molar-refractivity contribution in [3.8, 4) is 0 Å². The summed E-state index contributed by atoms with van der Waals surface area (Å²) in [5.41, 5.74) is 0.171. The number of hydrogen-bond acceptors (Lipinski definition) is 4. The van der Waals surface area contributed by atoms with Crippen molar-refractivity contribution >= 4 is 0 Å². The Morgan fingerprint density at radius 3 is 2.79 bits per heavy atom. The number of hydrogen-bond donors (Lipinski definition) is 1. The van der Waals surface area contributed by atoms with Gasteiger partial charge in [-0.1, -0.05) is 13.8 Å². The van der Waals surface area contributed by atoms with Crippen LogP contribution < -0.4 is 5.32 Å². The van der Waals surface area contributed by atoms with Gasteiger partial charge in [-0.05, 0) is 20.3 Å². The molecule has 5 heteroatoms. The molecule has 1 aliphatic heterocycles. The Bertz CT molecular complexity index is 394. The predicted octanol–water partition coefficient (Wildman–Crippen LogP) is 1.81. The second-order valence-corrected chi connectivity index (χ2v) is 6.23. The first-order chi connectivity index (χ1) is 9.02. The molecule has 0 spiro atoms. The zero-order chi connectivity index (χ0) is 13.9. The summed E-state index contributed by atoms with van der Waals surface area (Å²) < 4.78 is 7.67. The van der Waals surface area contributed by atoms with E-state index in [2.05, 4.69) is 43.1 Å². The molecular formula is C14H26N4O. The molecule has 0 aliphatic carbocycles. The van der Waals surface area contributed by atoms with Crippen LogP contribution in [0.3, 0.4) is 0 Å². The first-order valence-electron chi connectivity index (χ1n) is 7.22. The highest BCUT2D eigenvalue weighted by atomic mass is 16.5. The molecule has 1 aromatic heterocycles. The van der Waals surface area contributed by atoms with Gasteiger partial charge in [0.2, 0.25) is 0 Å². The van der Waals surface area contributed by atoms with Crippen LogP contribution in [0.2, 0.25) is 0 Å². The summed E-state index contributed by atoms with van der Waals surface area (Å²) in [7, 11) is 0. The quantitative estimate of drug-likeness (QED) is 0.853. The largest absolute Gasteiger partial charge is 0.381 e. The summed E-state index contributed by atoms with van der Waals surface area (Å²) in [5.74, 6) is 1.08. The van der Waals surface area contributed by atoms with Crippen LogP contribution in [0.1, 0.15) is 46.0 Å². The van der Waals surface area contributed by atoms with E-state index in [1.807, 2.05) is 4.68 Å². The lowest BCUT2D eigenvalue weighted by Crippen LogP contribution is -2.40. The minimum Gasteiger partial charge on any atom is -0.381 e. The van der Waals surface area contributed by atoms with Crippen molar-refractivity contribution in [2.45, 2.75) is 52.6 Å². The van der Waals surface area contributed by atoms with Gasteiger partial charge in [0.15, 0.2) is 0 Å². The maximum atomic E-state index is 5.64. The van der Waals surface area contributed by atoms with Crippen molar-refractivity contribution < 1.29 is 4.74 Å². The zero-order valence-electron chi connectivity index (χ0n) is 12.5. The Balaban J connectivity index is 2.09. The van der Waals surface area contributed by atoms with Crippen molar-refractivity contribution in [2.24, 2.45) is 5.41 Å². The van der Waals surface area contributed by atoms with E-state index >= 15 is 0 Å². The van der Waals surface area contributed by atoms with Crippen molar-refractivity contribution in [1.29, 1.82) is 0 Å². The lowest BCUT2D eigenvalue weighted by molar-refractivity contribution is 0.145. The summed E-state index contributed by atoms with van der Waals surface area (Å²) in [6.07, 6.45) is 3.69. The molecule has 0 aromatic carbocycles. The van der Waals surface area contributed by atoms with E-state index in [-0.39, 0.29) is 5.41 Å². The third kappa shape index (κ3) is 3.54. The van der Waals surface area contributed by atoms with E-state index in [0.717, 1.165) is 38.4 Å². The third-order valence-corrected chi connectivity index (χ3v) is 3.74. The Labute approximate surface area is 115 Å². The van der Waals surface area contributed by atoms with Crippen LogP contribution >= 0.6 is 0 Å². The molecule has 5 nitrogen and oxygen atoms in total. The van der Waals surface area contributed by atoms with E-state index in [1.165, 1.54) is 0 Å². The molecule has 0 radical (unpaired) electrons. The molecule has 1 atom stereocenters. The molecule has 2 heterocycles. The van der Waals surface area contributed by atoms with Gasteiger partial charge in [-0.3, -0.25) is 0 Å². The van der Waals surface area contributed by atoms with Crippen LogP contribution in [0.5, 0.6) is 0 Å². The number of nitrogens with zero attached hydrogens (tertiary/aromatic N) is 3. The highest BCUT2D eigenvalue weighted by Gasteiger charge is 2.36. The van der Waals surface area contributed by atoms with Gasteiger partial charge >= 0.3 is 0 Å². The zero-order valence-corrected chi connectivity index (χ0v) is 12.5. The fraction of sp³-hybridized carbons (Fsp3) is 0.857. The Hall–Kier alpha value is -0.940. The average molecular weight is 266 g/mol. The van der Waals surface area contributed by atoms with Gasteiger partial charge in [0.05, 0.1) is 6.61 Å². The molecule has 19 heavy (non-hydrogen) atoms. The standard InChI is InChI=1S/C14H26N4O/c1-11(2)15-8-14(5-6-19-9-14)7-13-16-10-17-18(13)12(3)4/h10-12,15H,5-9H2,1-4H3. The number of aromatic nitrogens is 3. The molecule has 1 fully saturated rings. The second kappa shape index (κ2) is 6.01. The van der Waals surface area contributed by atoms with Crippen LogP contribution in [0.4, 0.5) is 0 Å². The van der Waals surface area contributed by atoms with Crippen LogP contribution in [-0.2, 0) is 11.2 Å². The summed E-state index contributed by atoms with van der Waals surface area (Å²) >= 11 is 0. The van der Waals surface area contributed by atoms with Crippen LogP contribution in [-0.4, -0.2) is 40.6 Å². The Morgan fingerprint density at radius 2 is 2.21 bits per heavy atom. The molecule has 1 unspecified atom stereocenters. The predicted molar refractivity (Wildman–Crippen MR) is 75.1 cm³/mol. The highest BCUT2D eigenvalue weighted by molar-refractivity contribution is 4.98. The number of nitrogens with one attached hydrogen (secondary N) is 1. The maximum absolute atomic E-state index is 5.64. The van der Waals surface area contributed by atoms with Crippen LogP contribution in [0, 0.1) is 5.41 Å². The molecule has 1 aromatic rings. The lowest BCUT2D eigenvalue weighted by Gasteiger charge is -2.29. The fourth-order valence-electron chi connectivity index (χ4n) is 2.58. The molecular weight excluding hydrogens is 240 g/mol. The molecule has 108 valence electrons. The monoisotopic (exact) mass is 266 g/mol. The smallest absolute Gasteiger partial charge is 0.138 e. The minimum atomic E-state index is 0.171. The minimum absolute atomic E-state index is 0.171. The second-order valence-electron chi connectivity index (χ2n) is 6.23. The topological polar surface area (TPSA) is 52.0 Å². The Kier molecular flexibility index (Phi) is 4.58. The van der Waals surface area contributed by atoms with E-state index in [9.17, 15) is 0 Å². The van der Waals surface area contributed by atoms with Crippen molar-refractivity contribution in [3.05, 3.63) is 12.2 Å². The summed E-state index contributed by atoms with van der Waals surface area (Å²) in [6.45, 7) is 11.3. The molecule has 1 aliphatic rings. The van der Waals surface area contributed by atoms with Gasteiger partial charge in [0.1, 0.15) is 12.2 Å². The number of ether oxygens (including phenoxy) is 1. The Morgan fingerprint density at radius 1 is 1.42 bits per heavy atom. The molecule has 2 rings (SSSR count). The molecule has 0 saturated carbocycles. The van der Waals surface area contributed by atoms with Gasteiger partial charge in [0.25, 0.3) is 0 Å². The van der Waals surface area contributed by atoms with E-state index < -0.39 is 0 Å². The van der Waals surface area contributed by atoms with Gasteiger partial charge in [-0.25, -0.2) is 9.67 Å². The van der Waals surface area contributed by atoms with Gasteiger partial charge < -0.3 is 10.1 Å². The fourth-order valence-corrected chi connectivity index (χ4v) is 2.58. The average Bonchev–Trinajstić information content (AvgIpc) is 2.97. The van der Waals surface area contributed by atoms with Gasteiger partial charge in [-0.15, -0.1) is 0 Å². The maximum Gasteiger partial charge on any atom is 0.138 e. The number of rotatable bonds is 6. The van der Waals surface area contributed by atoms with E-state index in [1.54, 1.807) is 6.33 Å². The van der Waals surface area contributed by atoms with Crippen molar-refractivity contribution in [1.82, 2.24) is 20.1 Å². The van der Waals surface area contributed by atoms with Gasteiger partial charge in [-0.2, -0.15) is 5.10 Å². The SMILES string of the molecule is CC(C)NCC1(Cc2ncnn2C(C)C)CCOC1. The summed E-state index contributed by atoms with van der Waals surface area (Å²) in [6, 6.07) is 0.857. The van der Waals surface area contributed by atoms with E-state index in [0.29, 0.717) is 12.1 Å². The first kappa shape index (κ1) is 14.5. The third-order valence-electron chi connectivity index (χ3n) is 3.74.